The molecule has 1 aliphatic rings. The van der Waals surface area contributed by atoms with Crippen LogP contribution in [0.2, 0.25) is 0 Å². The molecule has 0 aromatic heterocycles. The van der Waals surface area contributed by atoms with Gasteiger partial charge in [-0.05, 0) is 57.7 Å². The van der Waals surface area contributed by atoms with E-state index >= 15 is 0 Å². The van der Waals surface area contributed by atoms with Gasteiger partial charge < -0.3 is 10.6 Å². The molecule has 0 amide bonds. The van der Waals surface area contributed by atoms with E-state index in [1.807, 2.05) is 11.8 Å². The number of piperidine rings is 1. The fourth-order valence-corrected chi connectivity index (χ4v) is 2.64. The summed E-state index contributed by atoms with van der Waals surface area (Å²) < 4.78 is 0. The van der Waals surface area contributed by atoms with Crippen LogP contribution in [-0.4, -0.2) is 42.1 Å². The maximum absolute atomic E-state index is 5.93. The summed E-state index contributed by atoms with van der Waals surface area (Å²) in [5.41, 5.74) is 5.93. The molecule has 84 valence electrons. The average molecular weight is 216 g/mol. The van der Waals surface area contributed by atoms with E-state index in [1.54, 1.807) is 0 Å². The van der Waals surface area contributed by atoms with Gasteiger partial charge in [0.2, 0.25) is 0 Å². The number of nitrogens with zero attached hydrogens (tertiary/aromatic N) is 1. The van der Waals surface area contributed by atoms with Crippen LogP contribution in [0.25, 0.3) is 0 Å². The molecule has 0 saturated carbocycles. The summed E-state index contributed by atoms with van der Waals surface area (Å²) in [5, 5.41) is 0. The smallest absolute Gasteiger partial charge is 0.00816 e. The number of rotatable bonds is 5. The van der Waals surface area contributed by atoms with Crippen molar-refractivity contribution in [3.05, 3.63) is 0 Å². The molecule has 3 heteroatoms. The lowest BCUT2D eigenvalue weighted by Crippen LogP contribution is -2.45. The highest BCUT2D eigenvalue weighted by Gasteiger charge is 2.22. The molecule has 1 saturated heterocycles. The topological polar surface area (TPSA) is 29.3 Å². The van der Waals surface area contributed by atoms with Crippen LogP contribution in [0, 0.1) is 0 Å². The Hall–Kier alpha value is 0.270. The van der Waals surface area contributed by atoms with E-state index in [9.17, 15) is 0 Å². The summed E-state index contributed by atoms with van der Waals surface area (Å²) in [7, 11) is 0. The van der Waals surface area contributed by atoms with Crippen LogP contribution in [0.1, 0.15) is 32.6 Å². The zero-order chi connectivity index (χ0) is 10.4. The van der Waals surface area contributed by atoms with E-state index < -0.39 is 0 Å². The molecule has 1 fully saturated rings. The molecule has 0 bridgehead atoms. The van der Waals surface area contributed by atoms with Crippen LogP contribution in [0.3, 0.4) is 0 Å². The Kier molecular flexibility index (Phi) is 5.90. The van der Waals surface area contributed by atoms with Gasteiger partial charge in [0.15, 0.2) is 0 Å². The molecule has 2 unspecified atom stereocenters. The quantitative estimate of drug-likeness (QED) is 0.712. The minimum atomic E-state index is 0.451. The first-order valence-corrected chi connectivity index (χ1v) is 7.12. The Morgan fingerprint density at radius 1 is 1.43 bits per heavy atom. The Balaban J connectivity index is 2.11. The largest absolute Gasteiger partial charge is 0.328 e. The average Bonchev–Trinajstić information content (AvgIpc) is 2.15. The van der Waals surface area contributed by atoms with E-state index in [1.165, 1.54) is 44.5 Å². The Labute approximate surface area is 92.6 Å². The molecular formula is C11H24N2S. The first kappa shape index (κ1) is 12.3. The predicted molar refractivity (Wildman–Crippen MR) is 65.9 cm³/mol. The normalized spacial score (nSPS) is 29.4. The first-order valence-electron chi connectivity index (χ1n) is 5.72. The van der Waals surface area contributed by atoms with Crippen molar-refractivity contribution in [2.45, 2.75) is 44.7 Å². The lowest BCUT2D eigenvalue weighted by atomic mass is 9.99. The number of nitrogens with two attached hydrogens (primary N) is 1. The second-order valence-electron chi connectivity index (χ2n) is 4.37. The molecule has 0 spiro atoms. The Bertz CT molecular complexity index is 152. The van der Waals surface area contributed by atoms with Gasteiger partial charge >= 0.3 is 0 Å². The molecular weight excluding hydrogens is 192 g/mol. The van der Waals surface area contributed by atoms with Crippen molar-refractivity contribution in [2.24, 2.45) is 5.73 Å². The SMILES string of the molecule is CSCCCCN1CCC(N)CC1C. The highest BCUT2D eigenvalue weighted by Crippen LogP contribution is 2.16. The van der Waals surface area contributed by atoms with Gasteiger partial charge in [0.25, 0.3) is 0 Å². The van der Waals surface area contributed by atoms with Gasteiger partial charge in [-0.3, -0.25) is 0 Å². The third-order valence-corrected chi connectivity index (χ3v) is 3.80. The second-order valence-corrected chi connectivity index (χ2v) is 5.35. The third kappa shape index (κ3) is 4.20. The standard InChI is InChI=1S/C11H24N2S/c1-10-9-11(12)5-7-13(10)6-3-4-8-14-2/h10-11H,3-9,12H2,1-2H3. The van der Waals surface area contributed by atoms with Crippen molar-refractivity contribution < 1.29 is 0 Å². The van der Waals surface area contributed by atoms with Gasteiger partial charge in [-0.15, -0.1) is 0 Å². The molecule has 2 N–H and O–H groups in total. The van der Waals surface area contributed by atoms with Crippen molar-refractivity contribution in [1.29, 1.82) is 0 Å². The molecule has 1 rings (SSSR count). The van der Waals surface area contributed by atoms with E-state index in [-0.39, 0.29) is 0 Å². The summed E-state index contributed by atoms with van der Waals surface area (Å²) in [5.74, 6) is 1.31. The van der Waals surface area contributed by atoms with E-state index in [2.05, 4.69) is 18.1 Å². The molecule has 0 aromatic carbocycles. The summed E-state index contributed by atoms with van der Waals surface area (Å²) >= 11 is 1.95. The van der Waals surface area contributed by atoms with E-state index in [4.69, 9.17) is 5.73 Å². The zero-order valence-electron chi connectivity index (χ0n) is 9.54. The Morgan fingerprint density at radius 3 is 2.86 bits per heavy atom. The van der Waals surface area contributed by atoms with Crippen LogP contribution in [-0.2, 0) is 0 Å². The van der Waals surface area contributed by atoms with Crippen molar-refractivity contribution >= 4 is 11.8 Å². The van der Waals surface area contributed by atoms with Crippen LogP contribution in [0.5, 0.6) is 0 Å². The lowest BCUT2D eigenvalue weighted by Gasteiger charge is -2.36. The number of likely N-dealkylation sites (tertiary alicyclic amines) is 1. The minimum Gasteiger partial charge on any atom is -0.328 e. The number of hydrogen-bond acceptors (Lipinski definition) is 3. The number of hydrogen-bond donors (Lipinski definition) is 1. The highest BCUT2D eigenvalue weighted by molar-refractivity contribution is 7.98. The first-order chi connectivity index (χ1) is 6.74. The number of thioether (sulfide) groups is 1. The van der Waals surface area contributed by atoms with Gasteiger partial charge in [-0.2, -0.15) is 11.8 Å². The molecule has 1 heterocycles. The molecule has 2 nitrogen and oxygen atoms in total. The molecule has 0 radical (unpaired) electrons. The fourth-order valence-electron chi connectivity index (χ4n) is 2.15. The highest BCUT2D eigenvalue weighted by atomic mass is 32.2. The second kappa shape index (κ2) is 6.70. The molecule has 1 aliphatic heterocycles. The monoisotopic (exact) mass is 216 g/mol. The van der Waals surface area contributed by atoms with Crippen molar-refractivity contribution in [3.63, 3.8) is 0 Å². The summed E-state index contributed by atoms with van der Waals surface area (Å²) in [4.78, 5) is 2.60. The zero-order valence-corrected chi connectivity index (χ0v) is 10.4. The number of unbranched alkanes of at least 4 members (excludes halogenated alkanes) is 1. The fraction of sp³-hybridized carbons (Fsp3) is 1.00. The van der Waals surface area contributed by atoms with Crippen LogP contribution in [0.4, 0.5) is 0 Å². The van der Waals surface area contributed by atoms with Gasteiger partial charge in [0.1, 0.15) is 0 Å². The summed E-state index contributed by atoms with van der Waals surface area (Å²) in [6, 6.07) is 1.15. The van der Waals surface area contributed by atoms with E-state index in [0.29, 0.717) is 12.1 Å². The minimum absolute atomic E-state index is 0.451. The van der Waals surface area contributed by atoms with Crippen LogP contribution < -0.4 is 5.73 Å². The van der Waals surface area contributed by atoms with Gasteiger partial charge in [0, 0.05) is 12.1 Å². The van der Waals surface area contributed by atoms with Gasteiger partial charge in [-0.1, -0.05) is 0 Å². The molecule has 14 heavy (non-hydrogen) atoms. The van der Waals surface area contributed by atoms with Crippen molar-refractivity contribution in [1.82, 2.24) is 4.90 Å². The summed E-state index contributed by atoms with van der Waals surface area (Å²) in [6.45, 7) is 4.80. The van der Waals surface area contributed by atoms with Gasteiger partial charge in [-0.25, -0.2) is 0 Å². The maximum Gasteiger partial charge on any atom is 0.00816 e. The van der Waals surface area contributed by atoms with Crippen molar-refractivity contribution in [3.8, 4) is 0 Å². The lowest BCUT2D eigenvalue weighted by molar-refractivity contribution is 0.146. The maximum atomic E-state index is 5.93. The molecule has 0 aliphatic carbocycles. The predicted octanol–water partition coefficient (Wildman–Crippen LogP) is 1.94. The van der Waals surface area contributed by atoms with E-state index in [0.717, 1.165) is 0 Å². The third-order valence-electron chi connectivity index (χ3n) is 3.10. The van der Waals surface area contributed by atoms with Gasteiger partial charge in [0.05, 0.1) is 0 Å². The van der Waals surface area contributed by atoms with Crippen LogP contribution in [0.15, 0.2) is 0 Å². The molecule has 0 aromatic rings. The summed E-state index contributed by atoms with van der Waals surface area (Å²) in [6.07, 6.45) is 7.26. The van der Waals surface area contributed by atoms with Crippen LogP contribution >= 0.6 is 11.8 Å². The van der Waals surface area contributed by atoms with Crippen molar-refractivity contribution in [2.75, 3.05) is 25.1 Å². The Morgan fingerprint density at radius 2 is 2.21 bits per heavy atom. The molecule has 2 atom stereocenters.